The summed E-state index contributed by atoms with van der Waals surface area (Å²) in [6, 6.07) is 2.36. The molecule has 8 heteroatoms. The number of aromatic nitrogens is 5. The van der Waals surface area contributed by atoms with Crippen LogP contribution in [0.5, 0.6) is 0 Å². The zero-order valence-corrected chi connectivity index (χ0v) is 15.0. The van der Waals surface area contributed by atoms with Crippen molar-refractivity contribution >= 4 is 22.3 Å². The van der Waals surface area contributed by atoms with Crippen molar-refractivity contribution in [1.82, 2.24) is 29.8 Å². The predicted octanol–water partition coefficient (Wildman–Crippen LogP) is 3.44. The second kappa shape index (κ2) is 7.28. The van der Waals surface area contributed by atoms with E-state index in [0.717, 1.165) is 47.7 Å². The van der Waals surface area contributed by atoms with E-state index in [4.69, 9.17) is 4.98 Å². The first-order valence-corrected chi connectivity index (χ1v) is 9.39. The monoisotopic (exact) mass is 355 g/mol. The summed E-state index contributed by atoms with van der Waals surface area (Å²) in [5.41, 5.74) is 2.21. The van der Waals surface area contributed by atoms with E-state index in [0.29, 0.717) is 6.04 Å². The summed E-state index contributed by atoms with van der Waals surface area (Å²) in [5.74, 6) is 1.59. The molecule has 1 aliphatic rings. The molecule has 2 N–H and O–H groups in total. The first-order valence-electron chi connectivity index (χ1n) is 8.51. The van der Waals surface area contributed by atoms with Crippen molar-refractivity contribution in [2.45, 2.75) is 38.8 Å². The molecule has 25 heavy (non-hydrogen) atoms. The smallest absolute Gasteiger partial charge is 0.188 e. The van der Waals surface area contributed by atoms with Gasteiger partial charge >= 0.3 is 0 Å². The Balaban J connectivity index is 1.58. The van der Waals surface area contributed by atoms with Crippen LogP contribution in [0.2, 0.25) is 0 Å². The molecule has 3 aromatic rings. The zero-order chi connectivity index (χ0) is 17.1. The Labute approximate surface area is 150 Å². The van der Waals surface area contributed by atoms with Crippen LogP contribution < -0.4 is 5.32 Å². The van der Waals surface area contributed by atoms with Crippen molar-refractivity contribution in [2.24, 2.45) is 0 Å². The van der Waals surface area contributed by atoms with E-state index in [2.05, 4.69) is 36.2 Å². The maximum atomic E-state index is 4.73. The molecule has 7 nitrogen and oxygen atoms in total. The molecule has 0 saturated carbocycles. The van der Waals surface area contributed by atoms with Gasteiger partial charge in [-0.25, -0.2) is 19.9 Å². The number of hydrogen-bond donors (Lipinski definition) is 2. The molecule has 3 aromatic heterocycles. The molecule has 0 amide bonds. The standard InChI is InChI=1S/C17H21N7S/c1-12-21-14(8-16(22-12)23-17-19-5-7-25-17)15-4-2-3-6-24(15)10-13-9-18-11-20-13/h5,7-9,11,15H,2-4,6,10H2,1H3,(H,18,20)(H,19,21,22,23). The molecule has 1 aliphatic heterocycles. The fourth-order valence-corrected chi connectivity index (χ4v) is 3.86. The summed E-state index contributed by atoms with van der Waals surface area (Å²) in [6.45, 7) is 3.88. The molecule has 1 unspecified atom stereocenters. The molecule has 130 valence electrons. The molecule has 4 rings (SSSR count). The Morgan fingerprint density at radius 3 is 3.12 bits per heavy atom. The second-order valence-electron chi connectivity index (χ2n) is 6.25. The van der Waals surface area contributed by atoms with E-state index in [9.17, 15) is 0 Å². The number of anilines is 2. The Hall–Kier alpha value is -2.32. The fraction of sp³-hybridized carbons (Fsp3) is 0.412. The lowest BCUT2D eigenvalue weighted by molar-refractivity contribution is 0.135. The number of nitrogens with zero attached hydrogens (tertiary/aromatic N) is 5. The molecule has 4 heterocycles. The van der Waals surface area contributed by atoms with Crippen molar-refractivity contribution in [2.75, 3.05) is 11.9 Å². The van der Waals surface area contributed by atoms with Crippen LogP contribution in [0.3, 0.4) is 0 Å². The van der Waals surface area contributed by atoms with E-state index in [1.165, 1.54) is 12.8 Å². The summed E-state index contributed by atoms with van der Waals surface area (Å²) in [6.07, 6.45) is 8.98. The maximum Gasteiger partial charge on any atom is 0.188 e. The van der Waals surface area contributed by atoms with Gasteiger partial charge in [0.25, 0.3) is 0 Å². The molecular weight excluding hydrogens is 334 g/mol. The van der Waals surface area contributed by atoms with E-state index < -0.39 is 0 Å². The number of piperidine rings is 1. The Bertz CT molecular complexity index is 801. The van der Waals surface area contributed by atoms with Crippen LogP contribution in [0, 0.1) is 6.92 Å². The average Bonchev–Trinajstić information content (AvgIpc) is 3.29. The molecule has 1 saturated heterocycles. The van der Waals surface area contributed by atoms with Crippen LogP contribution in [0.25, 0.3) is 0 Å². The van der Waals surface area contributed by atoms with Crippen LogP contribution in [0.4, 0.5) is 10.9 Å². The highest BCUT2D eigenvalue weighted by Crippen LogP contribution is 2.32. The van der Waals surface area contributed by atoms with Gasteiger partial charge < -0.3 is 10.3 Å². The number of imidazole rings is 1. The third-order valence-corrected chi connectivity index (χ3v) is 5.10. The zero-order valence-electron chi connectivity index (χ0n) is 14.1. The summed E-state index contributed by atoms with van der Waals surface area (Å²) < 4.78 is 0. The van der Waals surface area contributed by atoms with Gasteiger partial charge in [0.2, 0.25) is 0 Å². The van der Waals surface area contributed by atoms with E-state index in [-0.39, 0.29) is 0 Å². The molecular formula is C17H21N7S. The van der Waals surface area contributed by atoms with Crippen LogP contribution in [0.15, 0.2) is 30.2 Å². The number of hydrogen-bond acceptors (Lipinski definition) is 7. The number of aromatic amines is 1. The fourth-order valence-electron chi connectivity index (χ4n) is 3.33. The quantitative estimate of drug-likeness (QED) is 0.729. The van der Waals surface area contributed by atoms with Gasteiger partial charge in [0.15, 0.2) is 5.13 Å². The molecule has 1 atom stereocenters. The predicted molar refractivity (Wildman–Crippen MR) is 97.8 cm³/mol. The van der Waals surface area contributed by atoms with E-state index >= 15 is 0 Å². The molecule has 0 aliphatic carbocycles. The summed E-state index contributed by atoms with van der Waals surface area (Å²) in [4.78, 5) is 23.3. The molecule has 0 radical (unpaired) electrons. The first kappa shape index (κ1) is 16.2. The lowest BCUT2D eigenvalue weighted by Gasteiger charge is -2.35. The van der Waals surface area contributed by atoms with Gasteiger partial charge in [-0.2, -0.15) is 0 Å². The SMILES string of the molecule is Cc1nc(Nc2nccs2)cc(C2CCCCN2Cc2cnc[nH]2)n1. The number of thiazole rings is 1. The molecule has 0 bridgehead atoms. The average molecular weight is 355 g/mol. The largest absolute Gasteiger partial charge is 0.347 e. The van der Waals surface area contributed by atoms with Gasteiger partial charge in [-0.15, -0.1) is 11.3 Å². The topological polar surface area (TPSA) is 82.6 Å². The van der Waals surface area contributed by atoms with Crippen molar-refractivity contribution in [3.8, 4) is 0 Å². The first-order chi connectivity index (χ1) is 12.3. The molecule has 0 aromatic carbocycles. The van der Waals surface area contributed by atoms with Gasteiger partial charge in [0.05, 0.1) is 18.1 Å². The minimum absolute atomic E-state index is 0.301. The van der Waals surface area contributed by atoms with Crippen LogP contribution in [-0.4, -0.2) is 36.4 Å². The van der Waals surface area contributed by atoms with Crippen LogP contribution in [-0.2, 0) is 6.54 Å². The number of H-pyrrole nitrogens is 1. The number of rotatable bonds is 5. The highest BCUT2D eigenvalue weighted by molar-refractivity contribution is 7.13. The molecule has 0 spiro atoms. The number of nitrogens with one attached hydrogen (secondary N) is 2. The van der Waals surface area contributed by atoms with E-state index in [1.54, 1.807) is 23.9 Å². The van der Waals surface area contributed by atoms with Crippen molar-refractivity contribution in [3.05, 3.63) is 47.4 Å². The summed E-state index contributed by atoms with van der Waals surface area (Å²) in [7, 11) is 0. The van der Waals surface area contributed by atoms with Gasteiger partial charge in [0, 0.05) is 36.1 Å². The lowest BCUT2D eigenvalue weighted by atomic mass is 9.98. The highest BCUT2D eigenvalue weighted by Gasteiger charge is 2.26. The maximum absolute atomic E-state index is 4.73. The second-order valence-corrected chi connectivity index (χ2v) is 7.14. The highest BCUT2D eigenvalue weighted by atomic mass is 32.1. The molecule has 1 fully saturated rings. The van der Waals surface area contributed by atoms with Gasteiger partial charge in [-0.3, -0.25) is 4.90 Å². The third kappa shape index (κ3) is 3.85. The lowest BCUT2D eigenvalue weighted by Crippen LogP contribution is -2.33. The normalized spacial score (nSPS) is 18.4. The number of aryl methyl sites for hydroxylation is 1. The van der Waals surface area contributed by atoms with Crippen molar-refractivity contribution < 1.29 is 0 Å². The van der Waals surface area contributed by atoms with Crippen LogP contribution >= 0.6 is 11.3 Å². The van der Waals surface area contributed by atoms with Gasteiger partial charge in [0.1, 0.15) is 11.6 Å². The Morgan fingerprint density at radius 2 is 2.32 bits per heavy atom. The minimum atomic E-state index is 0.301. The summed E-state index contributed by atoms with van der Waals surface area (Å²) >= 11 is 1.56. The Kier molecular flexibility index (Phi) is 4.71. The van der Waals surface area contributed by atoms with Crippen LogP contribution in [0.1, 0.15) is 42.5 Å². The van der Waals surface area contributed by atoms with E-state index in [1.807, 2.05) is 18.5 Å². The van der Waals surface area contributed by atoms with Crippen molar-refractivity contribution in [3.63, 3.8) is 0 Å². The third-order valence-electron chi connectivity index (χ3n) is 4.41. The summed E-state index contributed by atoms with van der Waals surface area (Å²) in [5, 5.41) is 6.08. The van der Waals surface area contributed by atoms with Gasteiger partial charge in [-0.1, -0.05) is 6.42 Å². The van der Waals surface area contributed by atoms with Gasteiger partial charge in [-0.05, 0) is 26.3 Å². The van der Waals surface area contributed by atoms with Crippen molar-refractivity contribution in [1.29, 1.82) is 0 Å². The Morgan fingerprint density at radius 1 is 1.36 bits per heavy atom. The number of likely N-dealkylation sites (tertiary alicyclic amines) is 1. The minimum Gasteiger partial charge on any atom is -0.347 e.